The molecule has 2 heterocycles. The van der Waals surface area contributed by atoms with E-state index in [2.05, 4.69) is 29.8 Å². The summed E-state index contributed by atoms with van der Waals surface area (Å²) in [5, 5.41) is 2.41. The van der Waals surface area contributed by atoms with E-state index in [1.54, 1.807) is 17.0 Å². The fraction of sp³-hybridized carbons (Fsp3) is 0.312. The Hall–Kier alpha value is -3.05. The minimum atomic E-state index is -3.91. The lowest BCUT2D eigenvalue weighted by molar-refractivity contribution is 0.0999. The van der Waals surface area contributed by atoms with E-state index < -0.39 is 10.0 Å². The molecule has 220 valence electrons. The number of methoxy groups -OCH3 is 1. The summed E-state index contributed by atoms with van der Waals surface area (Å²) in [5.41, 5.74) is 4.56. The first kappa shape index (κ1) is 30.4. The van der Waals surface area contributed by atoms with Gasteiger partial charge in [-0.15, -0.1) is 11.3 Å². The van der Waals surface area contributed by atoms with E-state index in [-0.39, 0.29) is 34.0 Å². The van der Waals surface area contributed by atoms with Gasteiger partial charge in [-0.1, -0.05) is 48.0 Å². The van der Waals surface area contributed by atoms with Crippen LogP contribution in [0, 0.1) is 25.7 Å². The largest absolute Gasteiger partial charge is 0.495 e. The molecule has 1 aliphatic rings. The Labute approximate surface area is 260 Å². The summed E-state index contributed by atoms with van der Waals surface area (Å²) in [4.78, 5) is 20.8. The number of hydrogen-bond acceptors (Lipinski definition) is 6. The van der Waals surface area contributed by atoms with Crippen LogP contribution in [0.15, 0.2) is 75.4 Å². The smallest absolute Gasteiger partial charge is 0.264 e. The Bertz CT molecular complexity index is 1690. The molecular formula is C32H34BrN3O4S2. The number of carbonyl (C=O) groups is 1. The number of sulfonamides is 1. The summed E-state index contributed by atoms with van der Waals surface area (Å²) < 4.78 is 35.8. The molecular weight excluding hydrogens is 634 g/mol. The standard InChI is InChI=1S/C32H34BrN3O4S2/c1-20-12-21(2)15-27(14-20)36(32-34-28(19-41-32)24-6-9-26(33)10-7-24)31(37)25-8-11-29(40-5)30(16-25)42(38,39)35-17-22(3)13-23(4)18-35/h6-12,14-16,19,22-23H,13,17-18H2,1-5H3. The van der Waals surface area contributed by atoms with E-state index >= 15 is 0 Å². The first-order valence-corrected chi connectivity index (χ1v) is 16.9. The van der Waals surface area contributed by atoms with Crippen molar-refractivity contribution >= 4 is 54.0 Å². The van der Waals surface area contributed by atoms with Crippen LogP contribution >= 0.6 is 27.3 Å². The maximum absolute atomic E-state index is 14.4. The lowest BCUT2D eigenvalue weighted by atomic mass is 9.94. The van der Waals surface area contributed by atoms with E-state index in [1.807, 2.05) is 61.7 Å². The van der Waals surface area contributed by atoms with Crippen molar-refractivity contribution in [3.8, 4) is 17.0 Å². The average molecular weight is 669 g/mol. The molecule has 2 unspecified atom stereocenters. The number of amides is 1. The van der Waals surface area contributed by atoms with Gasteiger partial charge in [0.1, 0.15) is 10.6 Å². The van der Waals surface area contributed by atoms with Crippen molar-refractivity contribution in [3.05, 3.63) is 87.2 Å². The molecule has 1 aromatic heterocycles. The summed E-state index contributed by atoms with van der Waals surface area (Å²) in [5.74, 6) is 0.312. The topological polar surface area (TPSA) is 79.8 Å². The second-order valence-electron chi connectivity index (χ2n) is 11.1. The third-order valence-corrected chi connectivity index (χ3v) is 10.6. The normalized spacial score (nSPS) is 17.7. The van der Waals surface area contributed by atoms with Gasteiger partial charge < -0.3 is 4.74 Å². The summed E-state index contributed by atoms with van der Waals surface area (Å²) in [6, 6.07) is 18.4. The minimum absolute atomic E-state index is 0.00721. The van der Waals surface area contributed by atoms with Crippen LogP contribution in [0.1, 0.15) is 41.8 Å². The van der Waals surface area contributed by atoms with Gasteiger partial charge in [0.15, 0.2) is 5.13 Å². The zero-order chi connectivity index (χ0) is 30.2. The third kappa shape index (κ3) is 6.32. The van der Waals surface area contributed by atoms with Gasteiger partial charge in [0.05, 0.1) is 18.5 Å². The van der Waals surface area contributed by atoms with Crippen LogP contribution < -0.4 is 9.64 Å². The summed E-state index contributed by atoms with van der Waals surface area (Å²) in [6.07, 6.45) is 0.975. The van der Waals surface area contributed by atoms with Gasteiger partial charge >= 0.3 is 0 Å². The lowest BCUT2D eigenvalue weighted by Crippen LogP contribution is -2.42. The molecule has 42 heavy (non-hydrogen) atoms. The van der Waals surface area contributed by atoms with Gasteiger partial charge in [-0.05, 0) is 85.7 Å². The molecule has 0 N–H and O–H groups in total. The zero-order valence-corrected chi connectivity index (χ0v) is 27.5. The van der Waals surface area contributed by atoms with Crippen LogP contribution in [-0.2, 0) is 10.0 Å². The van der Waals surface area contributed by atoms with Crippen molar-refractivity contribution in [3.63, 3.8) is 0 Å². The highest BCUT2D eigenvalue weighted by Gasteiger charge is 2.35. The number of ether oxygens (including phenoxy) is 1. The molecule has 0 aliphatic carbocycles. The van der Waals surface area contributed by atoms with Gasteiger partial charge in [-0.3, -0.25) is 9.69 Å². The van der Waals surface area contributed by atoms with Crippen LogP contribution in [-0.4, -0.2) is 43.8 Å². The zero-order valence-electron chi connectivity index (χ0n) is 24.3. The average Bonchev–Trinajstić information content (AvgIpc) is 3.41. The Morgan fingerprint density at radius 1 is 1.00 bits per heavy atom. The van der Waals surface area contributed by atoms with E-state index in [9.17, 15) is 13.2 Å². The second kappa shape index (κ2) is 12.3. The summed E-state index contributed by atoms with van der Waals surface area (Å²) >= 11 is 4.83. The Morgan fingerprint density at radius 2 is 1.64 bits per heavy atom. The number of benzene rings is 3. The number of carbonyl (C=O) groups excluding carboxylic acids is 1. The van der Waals surface area contributed by atoms with Crippen LogP contribution in [0.4, 0.5) is 10.8 Å². The SMILES string of the molecule is COc1ccc(C(=O)N(c2cc(C)cc(C)c2)c2nc(-c3ccc(Br)cc3)cs2)cc1S(=O)(=O)N1CC(C)CC(C)C1. The molecule has 0 saturated carbocycles. The third-order valence-electron chi connectivity index (χ3n) is 7.35. The number of aromatic nitrogens is 1. The summed E-state index contributed by atoms with van der Waals surface area (Å²) in [6.45, 7) is 8.95. The minimum Gasteiger partial charge on any atom is -0.495 e. The van der Waals surface area contributed by atoms with Crippen molar-refractivity contribution < 1.29 is 17.9 Å². The fourth-order valence-corrected chi connectivity index (χ4v) is 8.57. The van der Waals surface area contributed by atoms with Crippen molar-refractivity contribution in [2.75, 3.05) is 25.1 Å². The van der Waals surface area contributed by atoms with E-state index in [4.69, 9.17) is 9.72 Å². The molecule has 2 atom stereocenters. The number of rotatable bonds is 7. The number of anilines is 2. The van der Waals surface area contributed by atoms with Gasteiger partial charge in [0, 0.05) is 34.1 Å². The van der Waals surface area contributed by atoms with Crippen molar-refractivity contribution in [1.82, 2.24) is 9.29 Å². The van der Waals surface area contributed by atoms with Gasteiger partial charge in [0.25, 0.3) is 5.91 Å². The Balaban J connectivity index is 1.59. The number of piperidine rings is 1. The fourth-order valence-electron chi connectivity index (χ4n) is 5.60. The van der Waals surface area contributed by atoms with Crippen molar-refractivity contribution in [2.24, 2.45) is 11.8 Å². The van der Waals surface area contributed by atoms with Crippen molar-refractivity contribution in [1.29, 1.82) is 0 Å². The summed E-state index contributed by atoms with van der Waals surface area (Å²) in [7, 11) is -2.47. The predicted octanol–water partition coefficient (Wildman–Crippen LogP) is 7.84. The molecule has 10 heteroatoms. The van der Waals surface area contributed by atoms with Crippen LogP contribution in [0.3, 0.4) is 0 Å². The highest BCUT2D eigenvalue weighted by Crippen LogP contribution is 2.37. The highest BCUT2D eigenvalue weighted by molar-refractivity contribution is 9.10. The molecule has 1 aliphatic heterocycles. The van der Waals surface area contributed by atoms with Gasteiger partial charge in [-0.2, -0.15) is 4.31 Å². The van der Waals surface area contributed by atoms with Crippen LogP contribution in [0.5, 0.6) is 5.75 Å². The van der Waals surface area contributed by atoms with Gasteiger partial charge in [-0.25, -0.2) is 13.4 Å². The molecule has 0 spiro atoms. The van der Waals surface area contributed by atoms with E-state index in [1.165, 1.54) is 28.8 Å². The molecule has 0 radical (unpaired) electrons. The van der Waals surface area contributed by atoms with E-state index in [0.29, 0.717) is 23.9 Å². The maximum Gasteiger partial charge on any atom is 0.264 e. The molecule has 3 aromatic carbocycles. The molecule has 0 bridgehead atoms. The molecule has 1 fully saturated rings. The number of nitrogens with zero attached hydrogens (tertiary/aromatic N) is 3. The molecule has 7 nitrogen and oxygen atoms in total. The van der Waals surface area contributed by atoms with Crippen LogP contribution in [0.25, 0.3) is 11.3 Å². The first-order chi connectivity index (χ1) is 20.0. The molecule has 1 amide bonds. The number of halogens is 1. The van der Waals surface area contributed by atoms with E-state index in [0.717, 1.165) is 33.3 Å². The monoisotopic (exact) mass is 667 g/mol. The second-order valence-corrected chi connectivity index (χ2v) is 14.8. The molecule has 1 saturated heterocycles. The van der Waals surface area contributed by atoms with Crippen molar-refractivity contribution in [2.45, 2.75) is 39.0 Å². The number of aryl methyl sites for hydroxylation is 2. The van der Waals surface area contributed by atoms with Gasteiger partial charge in [0.2, 0.25) is 10.0 Å². The Kier molecular flexibility index (Phi) is 8.89. The van der Waals surface area contributed by atoms with Crippen LogP contribution in [0.2, 0.25) is 0 Å². The number of thiazole rings is 1. The highest BCUT2D eigenvalue weighted by atomic mass is 79.9. The maximum atomic E-state index is 14.4. The Morgan fingerprint density at radius 3 is 2.26 bits per heavy atom. The lowest BCUT2D eigenvalue weighted by Gasteiger charge is -2.34. The first-order valence-electron chi connectivity index (χ1n) is 13.8. The molecule has 4 aromatic rings. The quantitative estimate of drug-likeness (QED) is 0.201. The predicted molar refractivity (Wildman–Crippen MR) is 172 cm³/mol. The molecule has 5 rings (SSSR count). The number of hydrogen-bond donors (Lipinski definition) is 0.